The fraction of sp³-hybridized carbons (Fsp3) is 0.647. The molecule has 1 spiro atoms. The maximum absolute atomic E-state index is 6.31. The fourth-order valence-corrected chi connectivity index (χ4v) is 7.19. The van der Waals surface area contributed by atoms with Gasteiger partial charge < -0.3 is 31.7 Å². The zero-order valence-corrected chi connectivity index (χ0v) is 32.1. The van der Waals surface area contributed by atoms with E-state index >= 15 is 0 Å². The van der Waals surface area contributed by atoms with Crippen molar-refractivity contribution < 1.29 is 31.7 Å². The van der Waals surface area contributed by atoms with Crippen molar-refractivity contribution in [1.82, 2.24) is 0 Å². The summed E-state index contributed by atoms with van der Waals surface area (Å²) in [6, 6.07) is 12.9. The molecule has 2 fully saturated rings. The molecule has 0 bridgehead atoms. The van der Waals surface area contributed by atoms with Gasteiger partial charge in [-0.05, 0) is 54.4 Å². The summed E-state index contributed by atoms with van der Waals surface area (Å²) in [7, 11) is 0.630. The van der Waals surface area contributed by atoms with Gasteiger partial charge in [-0.25, -0.2) is 0 Å². The maximum atomic E-state index is 6.31. The lowest BCUT2D eigenvalue weighted by molar-refractivity contribution is -0.0673. The molecular weight excluding hydrogens is 613 g/mol. The Kier molecular flexibility index (Phi) is 12.4. The average molecular weight is 669 g/mol. The smallest absolute Gasteiger partial charge is 0.397 e. The Hall–Kier alpha value is -0.870. The molecular formula is C34H55O7P3. The van der Waals surface area contributed by atoms with Crippen molar-refractivity contribution in [2.45, 2.75) is 105 Å². The van der Waals surface area contributed by atoms with Gasteiger partial charge in [0.05, 0.1) is 31.8 Å². The SMILES string of the molecule is CC(C)(C)c1ccc(OP2OCC3(CO2)COP(Oc2ccc(C(C)(C)C)cc2C(C)(C)C)OC3)c(C(C)(C)C)c1.COP. The van der Waals surface area contributed by atoms with Crippen LogP contribution in [0.1, 0.15) is 105 Å². The molecule has 44 heavy (non-hydrogen) atoms. The van der Waals surface area contributed by atoms with Crippen LogP contribution >= 0.6 is 26.7 Å². The van der Waals surface area contributed by atoms with Gasteiger partial charge >= 0.3 is 17.2 Å². The first-order valence-corrected chi connectivity index (χ1v) is 17.9. The molecule has 1 atom stereocenters. The zero-order valence-electron chi connectivity index (χ0n) is 29.1. The predicted octanol–water partition coefficient (Wildman–Crippen LogP) is 10.3. The van der Waals surface area contributed by atoms with Gasteiger partial charge in [0.2, 0.25) is 0 Å². The summed E-state index contributed by atoms with van der Waals surface area (Å²) in [5.41, 5.74) is 4.44. The highest BCUT2D eigenvalue weighted by atomic mass is 31.2. The van der Waals surface area contributed by atoms with Crippen molar-refractivity contribution in [3.8, 4) is 11.5 Å². The van der Waals surface area contributed by atoms with Gasteiger partial charge in [-0.2, -0.15) is 0 Å². The van der Waals surface area contributed by atoms with Gasteiger partial charge in [-0.3, -0.25) is 0 Å². The molecule has 10 heteroatoms. The van der Waals surface area contributed by atoms with E-state index in [1.54, 1.807) is 7.11 Å². The Morgan fingerprint density at radius 1 is 0.568 bits per heavy atom. The summed E-state index contributed by atoms with van der Waals surface area (Å²) >= 11 is 0. The number of rotatable bonds is 4. The molecule has 2 aliphatic rings. The van der Waals surface area contributed by atoms with E-state index in [0.717, 1.165) is 22.6 Å². The van der Waals surface area contributed by atoms with Crippen LogP contribution in [0.2, 0.25) is 0 Å². The number of hydrogen-bond donors (Lipinski definition) is 0. The highest BCUT2D eigenvalue weighted by Gasteiger charge is 2.45. The number of hydrogen-bond acceptors (Lipinski definition) is 7. The van der Waals surface area contributed by atoms with Gasteiger partial charge in [-0.1, -0.05) is 107 Å². The lowest BCUT2D eigenvalue weighted by Crippen LogP contribution is -2.45. The topological polar surface area (TPSA) is 64.6 Å². The Balaban J connectivity index is 0.00000169. The minimum absolute atomic E-state index is 0.0579. The molecule has 248 valence electrons. The van der Waals surface area contributed by atoms with Crippen LogP contribution in [-0.4, -0.2) is 33.5 Å². The van der Waals surface area contributed by atoms with Gasteiger partial charge in [0.1, 0.15) is 11.5 Å². The molecule has 2 aliphatic heterocycles. The van der Waals surface area contributed by atoms with E-state index in [0.29, 0.717) is 26.4 Å². The third-order valence-corrected chi connectivity index (χ3v) is 9.61. The summed E-state index contributed by atoms with van der Waals surface area (Å²) in [6.45, 7) is 28.3. The summed E-state index contributed by atoms with van der Waals surface area (Å²) in [6.07, 6.45) is 0. The van der Waals surface area contributed by atoms with E-state index < -0.39 is 17.2 Å². The molecule has 0 radical (unpaired) electrons. The van der Waals surface area contributed by atoms with Gasteiger partial charge in [-0.15, -0.1) is 0 Å². The second-order valence-electron chi connectivity index (χ2n) is 15.9. The minimum Gasteiger partial charge on any atom is -0.426 e. The van der Waals surface area contributed by atoms with Crippen molar-refractivity contribution in [1.29, 1.82) is 0 Å². The Bertz CT molecular complexity index is 1120. The molecule has 2 aromatic carbocycles. The van der Waals surface area contributed by atoms with Gasteiger partial charge in [0.15, 0.2) is 0 Å². The Morgan fingerprint density at radius 2 is 0.864 bits per heavy atom. The minimum atomic E-state index is -1.52. The van der Waals surface area contributed by atoms with Crippen molar-refractivity contribution in [3.63, 3.8) is 0 Å². The van der Waals surface area contributed by atoms with E-state index in [4.69, 9.17) is 27.1 Å². The first kappa shape index (κ1) is 37.6. The first-order chi connectivity index (χ1) is 20.2. The fourth-order valence-electron chi connectivity index (χ4n) is 4.67. The molecule has 0 N–H and O–H groups in total. The second kappa shape index (κ2) is 14.5. The molecule has 1 unspecified atom stereocenters. The molecule has 0 aromatic heterocycles. The van der Waals surface area contributed by atoms with Crippen molar-refractivity contribution in [2.75, 3.05) is 33.5 Å². The quantitative estimate of drug-likeness (QED) is 0.301. The van der Waals surface area contributed by atoms with E-state index in [9.17, 15) is 0 Å². The average Bonchev–Trinajstić information content (AvgIpc) is 2.90. The molecule has 2 heterocycles. The third-order valence-electron chi connectivity index (χ3n) is 7.56. The van der Waals surface area contributed by atoms with Crippen LogP contribution in [0.5, 0.6) is 11.5 Å². The molecule has 0 aliphatic carbocycles. The van der Waals surface area contributed by atoms with Crippen LogP contribution in [-0.2, 0) is 44.3 Å². The van der Waals surface area contributed by atoms with Crippen LogP contribution in [0.15, 0.2) is 36.4 Å². The largest absolute Gasteiger partial charge is 0.426 e. The highest BCUT2D eigenvalue weighted by Crippen LogP contribution is 2.54. The zero-order chi connectivity index (χ0) is 33.1. The lowest BCUT2D eigenvalue weighted by Gasteiger charge is -2.41. The normalized spacial score (nSPS) is 23.1. The van der Waals surface area contributed by atoms with E-state index in [2.05, 4.69) is 133 Å². The van der Waals surface area contributed by atoms with Crippen LogP contribution in [0.3, 0.4) is 0 Å². The van der Waals surface area contributed by atoms with E-state index in [1.807, 2.05) is 0 Å². The van der Waals surface area contributed by atoms with Crippen LogP contribution < -0.4 is 9.05 Å². The standard InChI is InChI=1S/C33H50O6P2.CH5OP/c1-29(2,3)23-13-15-27(25(17-23)31(7,8)9)38-40-34-19-33(20-35-40)21-36-41(37-22-33)39-28-16-14-24(30(4,5)6)18-26(28)32(10,11)12;1-2-3/h13-18H,19-22H2,1-12H3;3H2,1H3. The first-order valence-electron chi connectivity index (χ1n) is 15.2. The molecule has 0 saturated carbocycles. The summed E-state index contributed by atoms with van der Waals surface area (Å²) < 4.78 is 41.3. The van der Waals surface area contributed by atoms with Gasteiger partial charge in [0, 0.05) is 18.2 Å². The highest BCUT2D eigenvalue weighted by molar-refractivity contribution is 7.42. The Morgan fingerprint density at radius 3 is 1.11 bits per heavy atom. The third kappa shape index (κ3) is 10.1. The monoisotopic (exact) mass is 668 g/mol. The van der Waals surface area contributed by atoms with Gasteiger partial charge in [0.25, 0.3) is 0 Å². The van der Waals surface area contributed by atoms with Crippen LogP contribution in [0, 0.1) is 5.41 Å². The van der Waals surface area contributed by atoms with E-state index in [-0.39, 0.29) is 27.1 Å². The molecule has 2 saturated heterocycles. The second-order valence-corrected chi connectivity index (χ2v) is 18.6. The predicted molar refractivity (Wildman–Crippen MR) is 186 cm³/mol. The number of benzene rings is 2. The van der Waals surface area contributed by atoms with Crippen molar-refractivity contribution >= 4 is 26.7 Å². The molecule has 4 rings (SSSR count). The lowest BCUT2D eigenvalue weighted by atomic mass is 9.80. The van der Waals surface area contributed by atoms with E-state index in [1.165, 1.54) is 11.1 Å². The summed E-state index contributed by atoms with van der Waals surface area (Å²) in [4.78, 5) is 0. The molecule has 0 amide bonds. The van der Waals surface area contributed by atoms with Crippen LogP contribution in [0.4, 0.5) is 0 Å². The van der Waals surface area contributed by atoms with Crippen LogP contribution in [0.25, 0.3) is 0 Å². The summed E-state index contributed by atoms with van der Waals surface area (Å²) in [5, 5.41) is 0. The van der Waals surface area contributed by atoms with Crippen molar-refractivity contribution in [3.05, 3.63) is 58.7 Å². The summed E-state index contributed by atoms with van der Waals surface area (Å²) in [5.74, 6) is 1.63. The van der Waals surface area contributed by atoms with Crippen molar-refractivity contribution in [2.24, 2.45) is 5.41 Å². The molecule has 7 nitrogen and oxygen atoms in total. The molecule has 2 aromatic rings. The maximum Gasteiger partial charge on any atom is 0.397 e. The Labute approximate surface area is 271 Å².